The van der Waals surface area contributed by atoms with Crippen LogP contribution in [-0.4, -0.2) is 9.55 Å². The molecular formula is C44H46N2. The second-order valence-corrected chi connectivity index (χ2v) is 13.2. The highest BCUT2D eigenvalue weighted by atomic mass is 15.1. The van der Waals surface area contributed by atoms with Crippen LogP contribution in [-0.2, 0) is 5.41 Å². The minimum absolute atomic E-state index is 0.101. The Morgan fingerprint density at radius 3 is 1.87 bits per heavy atom. The Hall–Kier alpha value is -4.43. The van der Waals surface area contributed by atoms with Gasteiger partial charge in [0, 0.05) is 16.7 Å². The fourth-order valence-corrected chi connectivity index (χ4v) is 7.88. The summed E-state index contributed by atoms with van der Waals surface area (Å²) in [5, 5.41) is 0. The summed E-state index contributed by atoms with van der Waals surface area (Å²) in [6, 6.07) is 44.7. The lowest BCUT2D eigenvalue weighted by Gasteiger charge is -2.33. The Balaban J connectivity index is 1.27. The monoisotopic (exact) mass is 602 g/mol. The summed E-state index contributed by atoms with van der Waals surface area (Å²) in [5.74, 6) is 0.974. The highest BCUT2D eigenvalue weighted by Crippen LogP contribution is 2.55. The van der Waals surface area contributed by atoms with Gasteiger partial charge in [0.05, 0.1) is 11.0 Å². The second kappa shape index (κ2) is 13.5. The molecule has 232 valence electrons. The van der Waals surface area contributed by atoms with E-state index in [1.165, 1.54) is 86.5 Å². The molecule has 0 atom stereocenters. The lowest BCUT2D eigenvalue weighted by atomic mass is 9.70. The molecule has 0 bridgehead atoms. The predicted octanol–water partition coefficient (Wildman–Crippen LogP) is 12.6. The molecule has 0 fully saturated rings. The van der Waals surface area contributed by atoms with E-state index in [0.29, 0.717) is 0 Å². The number of unbranched alkanes of at least 4 members (excludes halogenated alkanes) is 6. The van der Waals surface area contributed by atoms with E-state index >= 15 is 0 Å². The van der Waals surface area contributed by atoms with Gasteiger partial charge in [0.1, 0.15) is 5.82 Å². The summed E-state index contributed by atoms with van der Waals surface area (Å²) in [5.41, 5.74) is 13.1. The number of imidazole rings is 1. The molecule has 6 aromatic rings. The quantitative estimate of drug-likeness (QED) is 0.120. The minimum atomic E-state index is 0.101. The maximum absolute atomic E-state index is 5.10. The zero-order valence-corrected chi connectivity index (χ0v) is 27.5. The molecule has 1 aliphatic carbocycles. The highest BCUT2D eigenvalue weighted by Gasteiger charge is 2.42. The van der Waals surface area contributed by atoms with Crippen molar-refractivity contribution in [2.75, 3.05) is 0 Å². The summed E-state index contributed by atoms with van der Waals surface area (Å²) < 4.78 is 2.28. The van der Waals surface area contributed by atoms with E-state index in [2.05, 4.69) is 140 Å². The van der Waals surface area contributed by atoms with Crippen molar-refractivity contribution in [2.24, 2.45) is 0 Å². The van der Waals surface area contributed by atoms with Crippen molar-refractivity contribution in [3.8, 4) is 39.3 Å². The fourth-order valence-electron chi connectivity index (χ4n) is 7.88. The van der Waals surface area contributed by atoms with Gasteiger partial charge in [0.25, 0.3) is 0 Å². The second-order valence-electron chi connectivity index (χ2n) is 13.2. The first kappa shape index (κ1) is 30.2. The lowest BCUT2D eigenvalue weighted by molar-refractivity contribution is 0.401. The van der Waals surface area contributed by atoms with E-state index in [1.807, 2.05) is 0 Å². The molecule has 0 amide bonds. The molecule has 1 aromatic heterocycles. The van der Waals surface area contributed by atoms with Crippen LogP contribution < -0.4 is 0 Å². The summed E-state index contributed by atoms with van der Waals surface area (Å²) in [6.07, 6.45) is 12.9. The fraction of sp³-hybridized carbons (Fsp3) is 0.295. The third-order valence-electron chi connectivity index (χ3n) is 10.2. The average Bonchev–Trinajstić information content (AvgIpc) is 3.63. The van der Waals surface area contributed by atoms with E-state index in [-0.39, 0.29) is 5.41 Å². The van der Waals surface area contributed by atoms with Gasteiger partial charge < -0.3 is 0 Å². The molecule has 0 unspecified atom stereocenters. The number of rotatable bonds is 13. The van der Waals surface area contributed by atoms with Crippen molar-refractivity contribution in [1.82, 2.24) is 9.55 Å². The van der Waals surface area contributed by atoms with E-state index in [4.69, 9.17) is 4.98 Å². The minimum Gasteiger partial charge on any atom is -0.292 e. The molecular weight excluding hydrogens is 556 g/mol. The maximum Gasteiger partial charge on any atom is 0.145 e. The summed E-state index contributed by atoms with van der Waals surface area (Å²) >= 11 is 0. The number of hydrogen-bond acceptors (Lipinski definition) is 1. The van der Waals surface area contributed by atoms with E-state index in [0.717, 1.165) is 28.1 Å². The van der Waals surface area contributed by atoms with Crippen molar-refractivity contribution in [3.05, 3.63) is 132 Å². The molecule has 0 aliphatic heterocycles. The van der Waals surface area contributed by atoms with Gasteiger partial charge in [0.2, 0.25) is 0 Å². The van der Waals surface area contributed by atoms with Crippen LogP contribution in [0.2, 0.25) is 0 Å². The van der Waals surface area contributed by atoms with Crippen LogP contribution in [0.25, 0.3) is 50.4 Å². The summed E-state index contributed by atoms with van der Waals surface area (Å²) in [4.78, 5) is 5.10. The molecule has 0 saturated heterocycles. The Morgan fingerprint density at radius 1 is 0.522 bits per heavy atom. The molecule has 0 radical (unpaired) electrons. The van der Waals surface area contributed by atoms with Gasteiger partial charge in [-0.2, -0.15) is 0 Å². The summed E-state index contributed by atoms with van der Waals surface area (Å²) in [6.45, 7) is 4.63. The van der Waals surface area contributed by atoms with Crippen molar-refractivity contribution >= 4 is 11.0 Å². The smallest absolute Gasteiger partial charge is 0.145 e. The number of para-hydroxylation sites is 3. The van der Waals surface area contributed by atoms with Crippen LogP contribution in [0, 0.1) is 0 Å². The Kier molecular flexibility index (Phi) is 8.88. The SMILES string of the molecule is CCCCCCC1(CCCCCC)c2ccccc2-c2ccc(-c3ccc(-c4nc5ccccc5n4-c4ccccc4)cc3)cc21. The van der Waals surface area contributed by atoms with Crippen LogP contribution in [0.4, 0.5) is 0 Å². The molecule has 5 aromatic carbocycles. The van der Waals surface area contributed by atoms with Gasteiger partial charge >= 0.3 is 0 Å². The average molecular weight is 603 g/mol. The molecule has 0 N–H and O–H groups in total. The van der Waals surface area contributed by atoms with Gasteiger partial charge in [-0.1, -0.05) is 156 Å². The molecule has 1 heterocycles. The molecule has 1 aliphatic rings. The van der Waals surface area contributed by atoms with Crippen LogP contribution >= 0.6 is 0 Å². The Labute approximate surface area is 275 Å². The van der Waals surface area contributed by atoms with Gasteiger partial charge in [-0.15, -0.1) is 0 Å². The van der Waals surface area contributed by atoms with E-state index in [1.54, 1.807) is 11.1 Å². The largest absolute Gasteiger partial charge is 0.292 e. The van der Waals surface area contributed by atoms with Crippen LogP contribution in [0.5, 0.6) is 0 Å². The summed E-state index contributed by atoms with van der Waals surface area (Å²) in [7, 11) is 0. The third kappa shape index (κ3) is 5.60. The van der Waals surface area contributed by atoms with E-state index in [9.17, 15) is 0 Å². The van der Waals surface area contributed by atoms with Gasteiger partial charge in [-0.05, 0) is 76.6 Å². The molecule has 2 heteroatoms. The molecule has 2 nitrogen and oxygen atoms in total. The van der Waals surface area contributed by atoms with Crippen molar-refractivity contribution in [2.45, 2.75) is 83.5 Å². The van der Waals surface area contributed by atoms with Crippen LogP contribution in [0.1, 0.15) is 89.2 Å². The van der Waals surface area contributed by atoms with Crippen LogP contribution in [0.15, 0.2) is 121 Å². The molecule has 46 heavy (non-hydrogen) atoms. The normalized spacial score (nSPS) is 13.2. The topological polar surface area (TPSA) is 17.8 Å². The van der Waals surface area contributed by atoms with Gasteiger partial charge in [0.15, 0.2) is 0 Å². The third-order valence-corrected chi connectivity index (χ3v) is 10.2. The molecule has 0 spiro atoms. The number of hydrogen-bond donors (Lipinski definition) is 0. The predicted molar refractivity (Wildman–Crippen MR) is 196 cm³/mol. The first-order chi connectivity index (χ1) is 22.7. The Morgan fingerprint density at radius 2 is 1.13 bits per heavy atom. The van der Waals surface area contributed by atoms with E-state index < -0.39 is 0 Å². The van der Waals surface area contributed by atoms with Gasteiger partial charge in [-0.3, -0.25) is 4.57 Å². The van der Waals surface area contributed by atoms with Crippen molar-refractivity contribution in [1.29, 1.82) is 0 Å². The lowest BCUT2D eigenvalue weighted by Crippen LogP contribution is -2.25. The van der Waals surface area contributed by atoms with Gasteiger partial charge in [-0.25, -0.2) is 4.98 Å². The number of fused-ring (bicyclic) bond motifs is 4. The number of nitrogens with zero attached hydrogens (tertiary/aromatic N) is 2. The molecule has 7 rings (SSSR count). The number of aromatic nitrogens is 2. The van der Waals surface area contributed by atoms with Crippen LogP contribution in [0.3, 0.4) is 0 Å². The molecule has 0 saturated carbocycles. The zero-order valence-electron chi connectivity index (χ0n) is 27.5. The zero-order chi connectivity index (χ0) is 31.3. The Bertz CT molecular complexity index is 1900. The maximum atomic E-state index is 5.10. The highest BCUT2D eigenvalue weighted by molar-refractivity contribution is 5.85. The first-order valence-electron chi connectivity index (χ1n) is 17.6. The first-order valence-corrected chi connectivity index (χ1v) is 17.6. The standard InChI is InChI=1S/C44H46N2/c1-3-5-7-16-30-44(31-17-8-6-4-2)39-21-13-12-20-37(39)38-29-28-35(32-40(38)44)33-24-26-34(27-25-33)43-45-41-22-14-15-23-42(41)46(43)36-18-10-9-11-19-36/h9-15,18-29,32H,3-8,16-17,30-31H2,1-2H3. The van der Waals surface area contributed by atoms with Crippen molar-refractivity contribution < 1.29 is 0 Å². The van der Waals surface area contributed by atoms with Crippen molar-refractivity contribution in [3.63, 3.8) is 0 Å². The number of benzene rings is 5.